The van der Waals surface area contributed by atoms with Crippen LogP contribution in [0.5, 0.6) is 0 Å². The fourth-order valence-electron chi connectivity index (χ4n) is 3.43. The van der Waals surface area contributed by atoms with Crippen LogP contribution in [-0.4, -0.2) is 19.3 Å². The monoisotopic (exact) mass is 332 g/mol. The molecule has 0 bridgehead atoms. The molecule has 0 fully saturated rings. The van der Waals surface area contributed by atoms with E-state index < -0.39 is 0 Å². The van der Waals surface area contributed by atoms with Gasteiger partial charge in [-0.3, -0.25) is 4.68 Å². The van der Waals surface area contributed by atoms with Crippen molar-refractivity contribution < 1.29 is 0 Å². The van der Waals surface area contributed by atoms with Gasteiger partial charge in [0.1, 0.15) is 5.82 Å². The summed E-state index contributed by atoms with van der Waals surface area (Å²) in [4.78, 5) is 4.90. The number of para-hydroxylation sites is 3. The van der Waals surface area contributed by atoms with Gasteiger partial charge in [-0.05, 0) is 37.5 Å². The van der Waals surface area contributed by atoms with Crippen molar-refractivity contribution in [2.75, 3.05) is 0 Å². The van der Waals surface area contributed by atoms with Crippen LogP contribution in [0.15, 0.2) is 48.5 Å². The second-order valence-corrected chi connectivity index (χ2v) is 7.11. The van der Waals surface area contributed by atoms with E-state index >= 15 is 0 Å². The largest absolute Gasteiger partial charge is 0.326 e. The molecule has 4 rings (SSSR count). The first-order valence-corrected chi connectivity index (χ1v) is 9.00. The molecule has 2 aromatic heterocycles. The lowest BCUT2D eigenvalue weighted by atomic mass is 10.1. The van der Waals surface area contributed by atoms with Crippen LogP contribution in [0, 0.1) is 12.8 Å². The zero-order valence-electron chi connectivity index (χ0n) is 15.1. The van der Waals surface area contributed by atoms with E-state index in [0.29, 0.717) is 12.5 Å². The summed E-state index contributed by atoms with van der Waals surface area (Å²) >= 11 is 0. The van der Waals surface area contributed by atoms with Gasteiger partial charge >= 0.3 is 0 Å². The third-order valence-electron chi connectivity index (χ3n) is 4.80. The van der Waals surface area contributed by atoms with E-state index in [1.54, 1.807) is 0 Å². The molecule has 0 unspecified atom stereocenters. The van der Waals surface area contributed by atoms with Crippen molar-refractivity contribution in [2.24, 2.45) is 5.92 Å². The Kier molecular flexibility index (Phi) is 4.04. The Bertz CT molecular complexity index is 1020. The average molecular weight is 332 g/mol. The summed E-state index contributed by atoms with van der Waals surface area (Å²) < 4.78 is 4.44. The second-order valence-electron chi connectivity index (χ2n) is 7.11. The maximum absolute atomic E-state index is 4.90. The summed E-state index contributed by atoms with van der Waals surface area (Å²) in [5.74, 6) is 1.75. The molecule has 0 radical (unpaired) electrons. The number of benzene rings is 2. The van der Waals surface area contributed by atoms with E-state index in [4.69, 9.17) is 10.1 Å². The highest BCUT2D eigenvalue weighted by molar-refractivity contribution is 5.82. The SMILES string of the molecule is Cc1nn(Cc2nc3ccccc3n2CCC(C)C)c2ccccc12. The van der Waals surface area contributed by atoms with Gasteiger partial charge in [0.2, 0.25) is 0 Å². The van der Waals surface area contributed by atoms with Crippen LogP contribution < -0.4 is 0 Å². The van der Waals surface area contributed by atoms with Crippen molar-refractivity contribution in [2.45, 2.75) is 40.3 Å². The summed E-state index contributed by atoms with van der Waals surface area (Å²) in [6.45, 7) is 8.29. The first kappa shape index (κ1) is 15.9. The molecule has 4 heteroatoms. The molecule has 0 aliphatic heterocycles. The number of rotatable bonds is 5. The van der Waals surface area contributed by atoms with E-state index in [-0.39, 0.29) is 0 Å². The minimum absolute atomic E-state index is 0.668. The molecule has 128 valence electrons. The minimum Gasteiger partial charge on any atom is -0.326 e. The van der Waals surface area contributed by atoms with E-state index in [2.05, 4.69) is 78.6 Å². The van der Waals surface area contributed by atoms with E-state index in [1.807, 2.05) is 0 Å². The van der Waals surface area contributed by atoms with Crippen molar-refractivity contribution in [3.8, 4) is 0 Å². The van der Waals surface area contributed by atoms with E-state index in [1.165, 1.54) is 16.4 Å². The van der Waals surface area contributed by atoms with Crippen molar-refractivity contribution in [3.05, 3.63) is 60.0 Å². The summed E-state index contributed by atoms with van der Waals surface area (Å²) in [6, 6.07) is 16.8. The number of nitrogens with zero attached hydrogens (tertiary/aromatic N) is 4. The molecule has 0 N–H and O–H groups in total. The molecular formula is C21H24N4. The predicted octanol–water partition coefficient (Wildman–Crippen LogP) is 4.79. The third kappa shape index (κ3) is 2.93. The lowest BCUT2D eigenvalue weighted by molar-refractivity contribution is 0.504. The van der Waals surface area contributed by atoms with Crippen LogP contribution >= 0.6 is 0 Å². The van der Waals surface area contributed by atoms with Crippen molar-refractivity contribution >= 4 is 21.9 Å². The molecule has 4 nitrogen and oxygen atoms in total. The summed E-state index contributed by atoms with van der Waals surface area (Å²) in [5.41, 5.74) is 4.52. The first-order valence-electron chi connectivity index (χ1n) is 9.00. The van der Waals surface area contributed by atoms with Gasteiger partial charge in [0.25, 0.3) is 0 Å². The Labute approximate surface area is 148 Å². The zero-order chi connectivity index (χ0) is 17.4. The van der Waals surface area contributed by atoms with Gasteiger partial charge in [0, 0.05) is 11.9 Å². The number of fused-ring (bicyclic) bond motifs is 2. The van der Waals surface area contributed by atoms with Crippen molar-refractivity contribution in [1.82, 2.24) is 19.3 Å². The number of imidazole rings is 1. The van der Waals surface area contributed by atoms with Gasteiger partial charge < -0.3 is 4.57 Å². The average Bonchev–Trinajstić information content (AvgIpc) is 3.11. The molecule has 0 spiro atoms. The Morgan fingerprint density at radius 3 is 2.48 bits per heavy atom. The molecule has 0 aliphatic carbocycles. The third-order valence-corrected chi connectivity index (χ3v) is 4.80. The minimum atomic E-state index is 0.668. The highest BCUT2D eigenvalue weighted by atomic mass is 15.3. The normalized spacial score (nSPS) is 11.8. The smallest absolute Gasteiger partial charge is 0.131 e. The molecule has 0 saturated heterocycles. The number of hydrogen-bond donors (Lipinski definition) is 0. The van der Waals surface area contributed by atoms with Crippen LogP contribution in [0.3, 0.4) is 0 Å². The Morgan fingerprint density at radius 1 is 0.960 bits per heavy atom. The molecule has 0 aliphatic rings. The predicted molar refractivity (Wildman–Crippen MR) is 103 cm³/mol. The number of aromatic nitrogens is 4. The zero-order valence-corrected chi connectivity index (χ0v) is 15.1. The summed E-state index contributed by atoms with van der Waals surface area (Å²) in [5, 5.41) is 5.97. The van der Waals surface area contributed by atoms with Crippen LogP contribution in [-0.2, 0) is 13.1 Å². The van der Waals surface area contributed by atoms with Gasteiger partial charge in [0.05, 0.1) is 28.8 Å². The molecule has 0 amide bonds. The molecule has 2 heterocycles. The van der Waals surface area contributed by atoms with E-state index in [9.17, 15) is 0 Å². The van der Waals surface area contributed by atoms with Crippen LogP contribution in [0.1, 0.15) is 31.8 Å². The standard InChI is InChI=1S/C21H24N4/c1-15(2)12-13-24-20-11-7-5-9-18(20)22-21(24)14-25-19-10-6-4-8-17(19)16(3)23-25/h4-11,15H,12-14H2,1-3H3. The highest BCUT2D eigenvalue weighted by Gasteiger charge is 2.14. The Morgan fingerprint density at radius 2 is 1.68 bits per heavy atom. The lowest BCUT2D eigenvalue weighted by Crippen LogP contribution is -2.11. The second kappa shape index (κ2) is 6.36. The Hall–Kier alpha value is -2.62. The molecule has 0 atom stereocenters. The Balaban J connectivity index is 1.78. The van der Waals surface area contributed by atoms with Crippen LogP contribution in [0.25, 0.3) is 21.9 Å². The summed E-state index contributed by atoms with van der Waals surface area (Å²) in [7, 11) is 0. The fraction of sp³-hybridized carbons (Fsp3) is 0.333. The highest BCUT2D eigenvalue weighted by Crippen LogP contribution is 2.22. The van der Waals surface area contributed by atoms with Gasteiger partial charge in [-0.2, -0.15) is 5.10 Å². The molecule has 25 heavy (non-hydrogen) atoms. The van der Waals surface area contributed by atoms with Gasteiger partial charge in [0.15, 0.2) is 0 Å². The first-order chi connectivity index (χ1) is 12.1. The number of hydrogen-bond acceptors (Lipinski definition) is 2. The molecule has 4 aromatic rings. The maximum Gasteiger partial charge on any atom is 0.131 e. The lowest BCUT2D eigenvalue weighted by Gasteiger charge is -2.11. The quantitative estimate of drug-likeness (QED) is 0.527. The fourth-order valence-corrected chi connectivity index (χ4v) is 3.43. The van der Waals surface area contributed by atoms with Crippen molar-refractivity contribution in [1.29, 1.82) is 0 Å². The van der Waals surface area contributed by atoms with Crippen molar-refractivity contribution in [3.63, 3.8) is 0 Å². The van der Waals surface area contributed by atoms with E-state index in [0.717, 1.165) is 30.0 Å². The van der Waals surface area contributed by atoms with Crippen LogP contribution in [0.2, 0.25) is 0 Å². The topological polar surface area (TPSA) is 35.6 Å². The molecular weight excluding hydrogens is 308 g/mol. The van der Waals surface area contributed by atoms with Crippen LogP contribution in [0.4, 0.5) is 0 Å². The van der Waals surface area contributed by atoms with Gasteiger partial charge in [-0.15, -0.1) is 0 Å². The maximum atomic E-state index is 4.90. The summed E-state index contributed by atoms with van der Waals surface area (Å²) in [6.07, 6.45) is 1.15. The molecule has 0 saturated carbocycles. The number of aryl methyl sites for hydroxylation is 2. The van der Waals surface area contributed by atoms with Gasteiger partial charge in [-0.25, -0.2) is 4.98 Å². The molecule has 2 aromatic carbocycles. The van der Waals surface area contributed by atoms with Gasteiger partial charge in [-0.1, -0.05) is 44.2 Å².